The maximum Gasteiger partial charge on any atom is 0.340 e. The summed E-state index contributed by atoms with van der Waals surface area (Å²) >= 11 is 7.04. The number of esters is 1. The second-order valence-electron chi connectivity index (χ2n) is 5.98. The lowest BCUT2D eigenvalue weighted by molar-refractivity contribution is 0.0526. The molecule has 26 heavy (non-hydrogen) atoms. The molecule has 1 aliphatic carbocycles. The highest BCUT2D eigenvalue weighted by Gasteiger charge is 2.33. The molecule has 0 unspecified atom stereocenters. The van der Waals surface area contributed by atoms with Gasteiger partial charge in [-0.2, -0.15) is 0 Å². The third-order valence-corrected chi connectivity index (χ3v) is 5.72. The minimum absolute atomic E-state index is 0.0852. The fourth-order valence-electron chi connectivity index (χ4n) is 3.47. The van der Waals surface area contributed by atoms with E-state index < -0.39 is 5.97 Å². The van der Waals surface area contributed by atoms with Crippen LogP contribution in [0.2, 0.25) is 0 Å². The summed E-state index contributed by atoms with van der Waals surface area (Å²) in [6, 6.07) is 9.15. The number of hydrogen-bond donors (Lipinski definition) is 0. The summed E-state index contributed by atoms with van der Waals surface area (Å²) in [5.41, 5.74) is 4.17. The van der Waals surface area contributed by atoms with Crippen LogP contribution < -0.4 is 0 Å². The number of ketones is 1. The predicted molar refractivity (Wildman–Crippen MR) is 107 cm³/mol. The normalized spacial score (nSPS) is 12.2. The van der Waals surface area contributed by atoms with Crippen molar-refractivity contribution in [2.45, 2.75) is 13.8 Å². The van der Waals surface area contributed by atoms with Crippen LogP contribution in [0.5, 0.6) is 0 Å². The first-order valence-electron chi connectivity index (χ1n) is 8.09. The second-order valence-corrected chi connectivity index (χ2v) is 7.69. The van der Waals surface area contributed by atoms with Crippen LogP contribution in [0, 0.1) is 6.92 Å². The average Bonchev–Trinajstić information content (AvgIpc) is 2.61. The Morgan fingerprint density at radius 3 is 2.50 bits per heavy atom. The van der Waals surface area contributed by atoms with Gasteiger partial charge in [0, 0.05) is 31.0 Å². The smallest absolute Gasteiger partial charge is 0.340 e. The van der Waals surface area contributed by atoms with Crippen molar-refractivity contribution in [3.63, 3.8) is 0 Å². The average molecular weight is 475 g/mol. The standard InChI is InChI=1S/C20H13Br2NO3/c1-3-26-20(25)14-9(2)23-18-13(22)8-12(21)16-17(18)15(14)10-6-4-5-7-11(10)19(16)24/h4-8H,3H2,1-2H3. The number of aromatic nitrogens is 1. The molecular weight excluding hydrogens is 462 g/mol. The Kier molecular flexibility index (Phi) is 4.20. The van der Waals surface area contributed by atoms with Crippen molar-refractivity contribution >= 4 is 54.5 Å². The number of ether oxygens (including phenoxy) is 1. The van der Waals surface area contributed by atoms with E-state index in [1.165, 1.54) is 0 Å². The molecule has 3 aromatic rings. The molecule has 4 rings (SSSR count). The van der Waals surface area contributed by atoms with Gasteiger partial charge in [-0.1, -0.05) is 24.3 Å². The molecular formula is C20H13Br2NO3. The number of fused-ring (bicyclic) bond motifs is 2. The number of aryl methyl sites for hydroxylation is 1. The number of pyridine rings is 1. The van der Waals surface area contributed by atoms with Crippen molar-refractivity contribution < 1.29 is 14.3 Å². The van der Waals surface area contributed by atoms with E-state index in [1.54, 1.807) is 19.9 Å². The Morgan fingerprint density at radius 2 is 1.81 bits per heavy atom. The molecule has 0 aliphatic heterocycles. The molecule has 2 aromatic carbocycles. The highest BCUT2D eigenvalue weighted by molar-refractivity contribution is 9.11. The maximum absolute atomic E-state index is 13.1. The lowest BCUT2D eigenvalue weighted by atomic mass is 9.81. The summed E-state index contributed by atoms with van der Waals surface area (Å²) in [7, 11) is 0. The van der Waals surface area contributed by atoms with E-state index >= 15 is 0 Å². The quantitative estimate of drug-likeness (QED) is 0.362. The lowest BCUT2D eigenvalue weighted by Gasteiger charge is -2.24. The van der Waals surface area contributed by atoms with Gasteiger partial charge in [0.2, 0.25) is 0 Å². The third-order valence-electron chi connectivity index (χ3n) is 4.49. The summed E-state index contributed by atoms with van der Waals surface area (Å²) in [6.07, 6.45) is 0. The molecule has 130 valence electrons. The summed E-state index contributed by atoms with van der Waals surface area (Å²) < 4.78 is 6.70. The zero-order valence-corrected chi connectivity index (χ0v) is 17.2. The third kappa shape index (κ3) is 2.36. The van der Waals surface area contributed by atoms with Gasteiger partial charge in [-0.3, -0.25) is 9.78 Å². The molecule has 0 spiro atoms. The van der Waals surface area contributed by atoms with Gasteiger partial charge >= 0.3 is 5.97 Å². The van der Waals surface area contributed by atoms with Crippen molar-refractivity contribution in [2.24, 2.45) is 0 Å². The van der Waals surface area contributed by atoms with Gasteiger partial charge in [0.15, 0.2) is 5.78 Å². The van der Waals surface area contributed by atoms with Crippen molar-refractivity contribution in [1.82, 2.24) is 4.98 Å². The Bertz CT molecular complexity index is 1120. The molecule has 1 aromatic heterocycles. The molecule has 0 amide bonds. The van der Waals surface area contributed by atoms with E-state index in [0.29, 0.717) is 43.3 Å². The zero-order valence-electron chi connectivity index (χ0n) is 14.0. The second kappa shape index (κ2) is 6.28. The van der Waals surface area contributed by atoms with Crippen molar-refractivity contribution in [1.29, 1.82) is 0 Å². The number of rotatable bonds is 2. The van der Waals surface area contributed by atoms with Gasteiger partial charge in [0.1, 0.15) is 0 Å². The van der Waals surface area contributed by atoms with Crippen molar-refractivity contribution in [3.05, 3.63) is 61.7 Å². The highest BCUT2D eigenvalue weighted by atomic mass is 79.9. The zero-order chi connectivity index (χ0) is 18.6. The first-order valence-corrected chi connectivity index (χ1v) is 9.67. The van der Waals surface area contributed by atoms with Crippen LogP contribution in [0.15, 0.2) is 39.3 Å². The van der Waals surface area contributed by atoms with Crippen LogP contribution in [-0.4, -0.2) is 23.3 Å². The van der Waals surface area contributed by atoms with Crippen LogP contribution in [0.1, 0.15) is 38.9 Å². The number of benzene rings is 2. The largest absolute Gasteiger partial charge is 0.462 e. The number of nitrogens with zero attached hydrogens (tertiary/aromatic N) is 1. The molecule has 4 nitrogen and oxygen atoms in total. The monoisotopic (exact) mass is 473 g/mol. The van der Waals surface area contributed by atoms with E-state index in [2.05, 4.69) is 36.8 Å². The minimum atomic E-state index is -0.430. The van der Waals surface area contributed by atoms with E-state index in [0.717, 1.165) is 10.0 Å². The first kappa shape index (κ1) is 17.4. The van der Waals surface area contributed by atoms with E-state index in [9.17, 15) is 9.59 Å². The number of carbonyl (C=O) groups is 2. The van der Waals surface area contributed by atoms with Gasteiger partial charge in [-0.15, -0.1) is 0 Å². The lowest BCUT2D eigenvalue weighted by Crippen LogP contribution is -2.17. The van der Waals surface area contributed by atoms with Crippen molar-refractivity contribution in [3.8, 4) is 11.1 Å². The summed E-state index contributed by atoms with van der Waals surface area (Å²) in [5.74, 6) is -0.515. The summed E-state index contributed by atoms with van der Waals surface area (Å²) in [4.78, 5) is 30.5. The van der Waals surface area contributed by atoms with Gasteiger partial charge in [0.05, 0.1) is 23.4 Å². The number of halogens is 2. The summed E-state index contributed by atoms with van der Waals surface area (Å²) in [5, 5.41) is 0.670. The molecule has 0 saturated carbocycles. The van der Waals surface area contributed by atoms with E-state index in [-0.39, 0.29) is 12.4 Å². The fraction of sp³-hybridized carbons (Fsp3) is 0.150. The number of carbonyl (C=O) groups excluding carboxylic acids is 2. The Labute approximate surface area is 166 Å². The highest BCUT2D eigenvalue weighted by Crippen LogP contribution is 2.46. The van der Waals surface area contributed by atoms with Gasteiger partial charge < -0.3 is 4.74 Å². The molecule has 1 heterocycles. The van der Waals surface area contributed by atoms with Crippen LogP contribution >= 0.6 is 31.9 Å². The molecule has 0 bridgehead atoms. The van der Waals surface area contributed by atoms with Crippen LogP contribution in [-0.2, 0) is 4.74 Å². The molecule has 0 N–H and O–H groups in total. The molecule has 0 saturated heterocycles. The van der Waals surface area contributed by atoms with E-state index in [4.69, 9.17) is 4.74 Å². The first-order chi connectivity index (χ1) is 12.5. The fourth-order valence-corrected chi connectivity index (χ4v) is 4.90. The van der Waals surface area contributed by atoms with Gasteiger partial charge in [0.25, 0.3) is 0 Å². The molecule has 0 fully saturated rings. The van der Waals surface area contributed by atoms with E-state index in [1.807, 2.05) is 24.3 Å². The number of hydrogen-bond acceptors (Lipinski definition) is 4. The minimum Gasteiger partial charge on any atom is -0.462 e. The van der Waals surface area contributed by atoms with Gasteiger partial charge in [-0.25, -0.2) is 4.79 Å². The Balaban J connectivity index is 2.28. The maximum atomic E-state index is 13.1. The van der Waals surface area contributed by atoms with Gasteiger partial charge in [-0.05, 0) is 57.3 Å². The topological polar surface area (TPSA) is 56.3 Å². The molecule has 0 radical (unpaired) electrons. The Hall–Kier alpha value is -2.05. The SMILES string of the molecule is CCOC(=O)c1c(C)nc2c(Br)cc(Br)c3c2c1-c1ccccc1C3=O. The van der Waals surface area contributed by atoms with Crippen LogP contribution in [0.25, 0.3) is 22.0 Å². The molecule has 6 heteroatoms. The summed E-state index contributed by atoms with van der Waals surface area (Å²) in [6.45, 7) is 3.82. The van der Waals surface area contributed by atoms with Crippen molar-refractivity contribution in [2.75, 3.05) is 6.61 Å². The molecule has 1 aliphatic rings. The molecule has 0 atom stereocenters. The Morgan fingerprint density at radius 1 is 1.12 bits per heavy atom. The van der Waals surface area contributed by atoms with Crippen LogP contribution in [0.4, 0.5) is 0 Å². The predicted octanol–water partition coefficient (Wildman–Crippen LogP) is 5.46. The van der Waals surface area contributed by atoms with Crippen LogP contribution in [0.3, 0.4) is 0 Å².